The second-order valence-electron chi connectivity index (χ2n) is 9.99. The summed E-state index contributed by atoms with van der Waals surface area (Å²) in [5, 5.41) is 14.8. The zero-order valence-corrected chi connectivity index (χ0v) is 20.7. The number of carbonyl (C=O) groups is 1. The lowest BCUT2D eigenvalue weighted by atomic mass is 9.85. The predicted molar refractivity (Wildman–Crippen MR) is 136 cm³/mol. The van der Waals surface area contributed by atoms with Crippen molar-refractivity contribution < 1.29 is 9.53 Å². The molecule has 4 aromatic rings. The molecule has 1 N–H and O–H groups in total. The van der Waals surface area contributed by atoms with E-state index in [2.05, 4.69) is 68.5 Å². The molecule has 0 saturated heterocycles. The SMILES string of the molecule is COC(=O)N1c2ccc3c(nc(Cc4ccccc4)n3C3CCC(c4nn[nH]n4)CC3)c2CC[C@@H]1C. The number of hydrogen-bond acceptors (Lipinski definition) is 6. The zero-order valence-electron chi connectivity index (χ0n) is 20.7. The van der Waals surface area contributed by atoms with Crippen LogP contribution in [-0.4, -0.2) is 49.4 Å². The lowest BCUT2D eigenvalue weighted by Crippen LogP contribution is -2.42. The Morgan fingerprint density at radius 1 is 1.08 bits per heavy atom. The molecule has 36 heavy (non-hydrogen) atoms. The Morgan fingerprint density at radius 2 is 1.89 bits per heavy atom. The smallest absolute Gasteiger partial charge is 0.414 e. The van der Waals surface area contributed by atoms with Crippen LogP contribution >= 0.6 is 0 Å². The average Bonchev–Trinajstić information content (AvgIpc) is 3.57. The summed E-state index contributed by atoms with van der Waals surface area (Å²) in [4.78, 5) is 19.7. The number of fused-ring (bicyclic) bond motifs is 3. The van der Waals surface area contributed by atoms with Gasteiger partial charge in [-0.1, -0.05) is 35.5 Å². The number of benzene rings is 2. The molecule has 0 unspecified atom stereocenters. The summed E-state index contributed by atoms with van der Waals surface area (Å²) >= 11 is 0. The molecule has 9 nitrogen and oxygen atoms in total. The number of carbonyl (C=O) groups excluding carboxylic acids is 1. The quantitative estimate of drug-likeness (QED) is 0.439. The van der Waals surface area contributed by atoms with Crippen LogP contribution in [0.1, 0.15) is 73.8 Å². The molecule has 0 spiro atoms. The van der Waals surface area contributed by atoms with Gasteiger partial charge in [0.15, 0.2) is 5.82 Å². The maximum absolute atomic E-state index is 12.6. The van der Waals surface area contributed by atoms with Gasteiger partial charge in [0.05, 0.1) is 23.8 Å². The molecule has 9 heteroatoms. The number of amides is 1. The first-order chi connectivity index (χ1) is 17.6. The highest BCUT2D eigenvalue weighted by Gasteiger charge is 2.33. The van der Waals surface area contributed by atoms with E-state index < -0.39 is 0 Å². The van der Waals surface area contributed by atoms with Gasteiger partial charge in [-0.15, -0.1) is 10.2 Å². The minimum atomic E-state index is -0.313. The third kappa shape index (κ3) is 3.92. The van der Waals surface area contributed by atoms with Crippen molar-refractivity contribution in [3.8, 4) is 0 Å². The number of rotatable bonds is 4. The number of ether oxygens (including phenoxy) is 1. The van der Waals surface area contributed by atoms with Gasteiger partial charge in [-0.3, -0.25) is 4.90 Å². The van der Waals surface area contributed by atoms with Crippen LogP contribution in [0.2, 0.25) is 0 Å². The van der Waals surface area contributed by atoms with Crippen molar-refractivity contribution >= 4 is 22.8 Å². The molecular formula is C27H31N7O2. The summed E-state index contributed by atoms with van der Waals surface area (Å²) in [6, 6.07) is 15.2. The maximum atomic E-state index is 12.6. The summed E-state index contributed by atoms with van der Waals surface area (Å²) in [7, 11) is 1.44. The molecule has 1 aliphatic heterocycles. The van der Waals surface area contributed by atoms with Crippen molar-refractivity contribution in [1.82, 2.24) is 30.2 Å². The minimum absolute atomic E-state index is 0.0914. The molecule has 2 aromatic carbocycles. The number of H-pyrrole nitrogens is 1. The van der Waals surface area contributed by atoms with Gasteiger partial charge in [0.2, 0.25) is 0 Å². The lowest BCUT2D eigenvalue weighted by molar-refractivity contribution is 0.175. The summed E-state index contributed by atoms with van der Waals surface area (Å²) in [5.74, 6) is 2.24. The minimum Gasteiger partial charge on any atom is -0.452 e. The van der Waals surface area contributed by atoms with Gasteiger partial charge in [-0.2, -0.15) is 5.21 Å². The van der Waals surface area contributed by atoms with E-state index in [1.54, 1.807) is 4.90 Å². The summed E-state index contributed by atoms with van der Waals surface area (Å²) in [5.41, 5.74) is 5.48. The number of methoxy groups -OCH3 is 1. The number of anilines is 1. The molecule has 186 valence electrons. The highest BCUT2D eigenvalue weighted by atomic mass is 16.5. The molecular weight excluding hydrogens is 454 g/mol. The summed E-state index contributed by atoms with van der Waals surface area (Å²) in [6.45, 7) is 2.08. The fourth-order valence-electron chi connectivity index (χ4n) is 6.07. The van der Waals surface area contributed by atoms with Gasteiger partial charge in [0, 0.05) is 30.0 Å². The molecule has 1 atom stereocenters. The molecule has 1 fully saturated rings. The van der Waals surface area contributed by atoms with Crippen LogP contribution in [0.4, 0.5) is 10.5 Å². The van der Waals surface area contributed by atoms with Crippen LogP contribution in [0.5, 0.6) is 0 Å². The molecule has 6 rings (SSSR count). The molecule has 3 heterocycles. The van der Waals surface area contributed by atoms with Crippen molar-refractivity contribution in [3.05, 3.63) is 65.2 Å². The van der Waals surface area contributed by atoms with Crippen molar-refractivity contribution in [2.75, 3.05) is 12.0 Å². The number of imidazole rings is 1. The average molecular weight is 486 g/mol. The Labute approximate surface area is 209 Å². The third-order valence-electron chi connectivity index (χ3n) is 7.89. The number of nitrogens with zero attached hydrogens (tertiary/aromatic N) is 6. The fourth-order valence-corrected chi connectivity index (χ4v) is 6.07. The van der Waals surface area contributed by atoms with E-state index in [1.165, 1.54) is 12.7 Å². The van der Waals surface area contributed by atoms with Crippen molar-refractivity contribution in [2.45, 2.75) is 69.9 Å². The van der Waals surface area contributed by atoms with Crippen molar-refractivity contribution in [3.63, 3.8) is 0 Å². The second kappa shape index (κ2) is 9.37. The Kier molecular flexibility index (Phi) is 5.91. The molecule has 2 aliphatic rings. The summed E-state index contributed by atoms with van der Waals surface area (Å²) in [6.07, 6.45) is 6.36. The van der Waals surface area contributed by atoms with E-state index in [9.17, 15) is 4.79 Å². The van der Waals surface area contributed by atoms with E-state index in [-0.39, 0.29) is 12.1 Å². The molecule has 2 aromatic heterocycles. The van der Waals surface area contributed by atoms with Gasteiger partial charge in [0.1, 0.15) is 5.82 Å². The first-order valence-electron chi connectivity index (χ1n) is 12.8. The number of aromatic nitrogens is 6. The van der Waals surface area contributed by atoms with Crippen molar-refractivity contribution in [2.24, 2.45) is 0 Å². The molecule has 1 amide bonds. The van der Waals surface area contributed by atoms with Gasteiger partial charge in [-0.05, 0) is 63.1 Å². The van der Waals surface area contributed by atoms with Crippen molar-refractivity contribution in [1.29, 1.82) is 0 Å². The third-order valence-corrected chi connectivity index (χ3v) is 7.89. The largest absolute Gasteiger partial charge is 0.452 e. The Bertz CT molecular complexity index is 1360. The Morgan fingerprint density at radius 3 is 2.61 bits per heavy atom. The Hall–Kier alpha value is -3.75. The monoisotopic (exact) mass is 485 g/mol. The lowest BCUT2D eigenvalue weighted by Gasteiger charge is -2.34. The van der Waals surface area contributed by atoms with E-state index in [0.29, 0.717) is 12.0 Å². The highest BCUT2D eigenvalue weighted by Crippen LogP contribution is 2.42. The number of aryl methyl sites for hydroxylation is 1. The van der Waals surface area contributed by atoms with Gasteiger partial charge in [-0.25, -0.2) is 9.78 Å². The number of hydrogen-bond donors (Lipinski definition) is 1. The second-order valence-corrected chi connectivity index (χ2v) is 9.99. The predicted octanol–water partition coefficient (Wildman–Crippen LogP) is 4.95. The molecule has 0 bridgehead atoms. The van der Waals surface area contributed by atoms with Crippen LogP contribution < -0.4 is 4.90 Å². The first-order valence-corrected chi connectivity index (χ1v) is 12.8. The van der Waals surface area contributed by atoms with Crippen LogP contribution in [0.15, 0.2) is 42.5 Å². The van der Waals surface area contributed by atoms with Gasteiger partial charge in [0.25, 0.3) is 0 Å². The molecule has 1 aliphatic carbocycles. The fraction of sp³-hybridized carbons (Fsp3) is 0.444. The van der Waals surface area contributed by atoms with E-state index in [0.717, 1.165) is 78.9 Å². The van der Waals surface area contributed by atoms with Crippen LogP contribution in [0.3, 0.4) is 0 Å². The van der Waals surface area contributed by atoms with Gasteiger partial charge < -0.3 is 9.30 Å². The number of aromatic amines is 1. The normalized spacial score (nSPS) is 21.9. The van der Waals surface area contributed by atoms with Crippen LogP contribution in [0, 0.1) is 0 Å². The van der Waals surface area contributed by atoms with E-state index >= 15 is 0 Å². The molecule has 1 saturated carbocycles. The summed E-state index contributed by atoms with van der Waals surface area (Å²) < 4.78 is 7.59. The van der Waals surface area contributed by atoms with Gasteiger partial charge >= 0.3 is 6.09 Å². The number of nitrogens with one attached hydrogen (secondary N) is 1. The standard InChI is InChI=1S/C27H31N7O2/c1-17-8-13-21-22(33(17)27(35)36-2)14-15-23-25(21)28-24(16-18-6-4-3-5-7-18)34(23)20-11-9-19(10-12-20)26-29-31-32-30-26/h3-7,14-15,17,19-20H,8-13,16H2,1-2H3,(H,29,30,31,32)/t17-,19?,20?/m0/s1. The van der Waals surface area contributed by atoms with E-state index in [1.807, 2.05) is 6.07 Å². The maximum Gasteiger partial charge on any atom is 0.414 e. The van der Waals surface area contributed by atoms with E-state index in [4.69, 9.17) is 9.72 Å². The molecule has 0 radical (unpaired) electrons. The van der Waals surface area contributed by atoms with Crippen LogP contribution in [0.25, 0.3) is 11.0 Å². The number of tetrazole rings is 1. The first kappa shape index (κ1) is 22.7. The zero-order chi connectivity index (χ0) is 24.6. The highest BCUT2D eigenvalue weighted by molar-refractivity contribution is 5.95. The topological polar surface area (TPSA) is 102 Å². The Balaban J connectivity index is 1.42. The van der Waals surface area contributed by atoms with Crippen LogP contribution in [-0.2, 0) is 17.6 Å².